The predicted octanol–water partition coefficient (Wildman–Crippen LogP) is 4.08. The number of ether oxygens (including phenoxy) is 2. The fourth-order valence-corrected chi connectivity index (χ4v) is 5.58. The van der Waals surface area contributed by atoms with E-state index in [0.29, 0.717) is 31.7 Å². The average molecular weight is 435 g/mol. The zero-order valence-electron chi connectivity index (χ0n) is 19.1. The van der Waals surface area contributed by atoms with Crippen molar-refractivity contribution in [3.8, 4) is 11.5 Å². The van der Waals surface area contributed by atoms with Gasteiger partial charge in [0, 0.05) is 25.0 Å². The standard InChI is InChI=1S/C27H34N2O3/c1-2-28-13-5-8-24(28)19-29(18-20-9-12-25-26(16-20)32-15-14-31-25)27(30)23-11-10-21-6-3-4-7-22(21)17-23/h3-4,6-7,9,12,16,23-24H,2,5,8,10-11,13-15,17-19H2,1H3. The van der Waals surface area contributed by atoms with Crippen molar-refractivity contribution >= 4 is 5.91 Å². The summed E-state index contributed by atoms with van der Waals surface area (Å²) in [6.45, 7) is 7.02. The minimum absolute atomic E-state index is 0.0681. The minimum atomic E-state index is 0.0681. The molecule has 2 unspecified atom stereocenters. The van der Waals surface area contributed by atoms with E-state index in [1.54, 1.807) is 0 Å². The van der Waals surface area contributed by atoms with Crippen LogP contribution in [0, 0.1) is 5.92 Å². The number of hydrogen-bond donors (Lipinski definition) is 0. The molecule has 0 radical (unpaired) electrons. The first-order chi connectivity index (χ1) is 15.7. The van der Waals surface area contributed by atoms with Gasteiger partial charge in [0.05, 0.1) is 0 Å². The summed E-state index contributed by atoms with van der Waals surface area (Å²) in [6.07, 6.45) is 5.19. The number of amides is 1. The van der Waals surface area contributed by atoms with Crippen molar-refractivity contribution in [2.45, 2.75) is 51.6 Å². The normalized spacial score (nSPS) is 22.4. The largest absolute Gasteiger partial charge is 0.486 e. The SMILES string of the molecule is CCN1CCCC1CN(Cc1ccc2c(c1)OCCO2)C(=O)C1CCc2ccccc2C1. The van der Waals surface area contributed by atoms with Crippen LogP contribution >= 0.6 is 0 Å². The Balaban J connectivity index is 1.36. The van der Waals surface area contributed by atoms with E-state index >= 15 is 0 Å². The Morgan fingerprint density at radius 1 is 1.06 bits per heavy atom. The average Bonchev–Trinajstić information content (AvgIpc) is 3.30. The molecule has 0 aromatic heterocycles. The molecule has 0 N–H and O–H groups in total. The quantitative estimate of drug-likeness (QED) is 0.687. The van der Waals surface area contributed by atoms with Crippen molar-refractivity contribution in [1.82, 2.24) is 9.80 Å². The second-order valence-corrected chi connectivity index (χ2v) is 9.33. The van der Waals surface area contributed by atoms with Gasteiger partial charge in [-0.2, -0.15) is 0 Å². The van der Waals surface area contributed by atoms with Gasteiger partial charge in [0.1, 0.15) is 13.2 Å². The van der Waals surface area contributed by atoms with Crippen LogP contribution in [0.2, 0.25) is 0 Å². The van der Waals surface area contributed by atoms with E-state index in [0.717, 1.165) is 56.0 Å². The van der Waals surface area contributed by atoms with Gasteiger partial charge in [-0.3, -0.25) is 9.69 Å². The van der Waals surface area contributed by atoms with Gasteiger partial charge in [-0.05, 0) is 74.0 Å². The van der Waals surface area contributed by atoms with Gasteiger partial charge < -0.3 is 14.4 Å². The Morgan fingerprint density at radius 3 is 2.72 bits per heavy atom. The Labute approximate surface area is 191 Å². The molecule has 1 aliphatic carbocycles. The van der Waals surface area contributed by atoms with Gasteiger partial charge in [-0.15, -0.1) is 0 Å². The van der Waals surface area contributed by atoms with Crippen molar-refractivity contribution < 1.29 is 14.3 Å². The molecule has 2 aromatic rings. The van der Waals surface area contributed by atoms with Gasteiger partial charge in [0.25, 0.3) is 0 Å². The Bertz CT molecular complexity index is 960. The van der Waals surface area contributed by atoms with Crippen LogP contribution < -0.4 is 9.47 Å². The van der Waals surface area contributed by atoms with E-state index in [1.807, 2.05) is 6.07 Å². The van der Waals surface area contributed by atoms with Gasteiger partial charge in [0.15, 0.2) is 11.5 Å². The summed E-state index contributed by atoms with van der Waals surface area (Å²) in [7, 11) is 0. The highest BCUT2D eigenvalue weighted by molar-refractivity contribution is 5.79. The van der Waals surface area contributed by atoms with Crippen LogP contribution in [-0.2, 0) is 24.2 Å². The molecule has 0 spiro atoms. The van der Waals surface area contributed by atoms with Gasteiger partial charge >= 0.3 is 0 Å². The highest BCUT2D eigenvalue weighted by Crippen LogP contribution is 2.32. The summed E-state index contributed by atoms with van der Waals surface area (Å²) >= 11 is 0. The number of benzene rings is 2. The molecule has 0 saturated carbocycles. The summed E-state index contributed by atoms with van der Waals surface area (Å²) in [5.74, 6) is 1.97. The fraction of sp³-hybridized carbons (Fsp3) is 0.519. The van der Waals surface area contributed by atoms with Crippen LogP contribution in [0.5, 0.6) is 11.5 Å². The number of fused-ring (bicyclic) bond motifs is 2. The molecule has 1 fully saturated rings. The van der Waals surface area contributed by atoms with E-state index in [9.17, 15) is 4.79 Å². The number of rotatable bonds is 6. The minimum Gasteiger partial charge on any atom is -0.486 e. The van der Waals surface area contributed by atoms with Crippen molar-refractivity contribution in [2.75, 3.05) is 32.8 Å². The summed E-state index contributed by atoms with van der Waals surface area (Å²) in [6, 6.07) is 15.2. The van der Waals surface area contributed by atoms with E-state index in [4.69, 9.17) is 9.47 Å². The lowest BCUT2D eigenvalue weighted by Crippen LogP contribution is -2.45. The Morgan fingerprint density at radius 2 is 1.88 bits per heavy atom. The molecule has 5 heteroatoms. The van der Waals surface area contributed by atoms with Crippen molar-refractivity contribution in [1.29, 1.82) is 0 Å². The van der Waals surface area contributed by atoms with Crippen LogP contribution in [0.3, 0.4) is 0 Å². The van der Waals surface area contributed by atoms with Crippen molar-refractivity contribution in [3.63, 3.8) is 0 Å². The van der Waals surface area contributed by atoms with Gasteiger partial charge in [-0.1, -0.05) is 37.3 Å². The molecule has 1 saturated heterocycles. The van der Waals surface area contributed by atoms with Crippen LogP contribution in [0.1, 0.15) is 42.9 Å². The molecule has 1 amide bonds. The van der Waals surface area contributed by atoms with E-state index in [2.05, 4.69) is 53.1 Å². The zero-order valence-corrected chi connectivity index (χ0v) is 19.1. The lowest BCUT2D eigenvalue weighted by Gasteiger charge is -2.34. The maximum Gasteiger partial charge on any atom is 0.226 e. The van der Waals surface area contributed by atoms with Crippen LogP contribution in [0.25, 0.3) is 0 Å². The van der Waals surface area contributed by atoms with Crippen molar-refractivity contribution in [2.24, 2.45) is 5.92 Å². The summed E-state index contributed by atoms with van der Waals surface area (Å²) in [5.41, 5.74) is 3.86. The van der Waals surface area contributed by atoms with E-state index in [-0.39, 0.29) is 5.92 Å². The number of carbonyl (C=O) groups excluding carboxylic acids is 1. The van der Waals surface area contributed by atoms with E-state index < -0.39 is 0 Å². The summed E-state index contributed by atoms with van der Waals surface area (Å²) in [4.78, 5) is 18.5. The highest BCUT2D eigenvalue weighted by Gasteiger charge is 2.32. The first-order valence-corrected chi connectivity index (χ1v) is 12.2. The molecule has 2 aliphatic heterocycles. The third kappa shape index (κ3) is 4.49. The number of likely N-dealkylation sites (tertiary alicyclic amines) is 1. The number of likely N-dealkylation sites (N-methyl/N-ethyl adjacent to an activating group) is 1. The molecule has 2 heterocycles. The Hall–Kier alpha value is -2.53. The van der Waals surface area contributed by atoms with Gasteiger partial charge in [0.2, 0.25) is 5.91 Å². The molecule has 0 bridgehead atoms. The Kier molecular flexibility index (Phi) is 6.35. The monoisotopic (exact) mass is 434 g/mol. The summed E-state index contributed by atoms with van der Waals surface area (Å²) < 4.78 is 11.5. The molecule has 2 atom stereocenters. The third-order valence-electron chi connectivity index (χ3n) is 7.32. The van der Waals surface area contributed by atoms with Crippen LogP contribution in [-0.4, -0.2) is 54.6 Å². The molecule has 5 rings (SSSR count). The van der Waals surface area contributed by atoms with E-state index in [1.165, 1.54) is 24.0 Å². The number of carbonyl (C=O) groups is 1. The van der Waals surface area contributed by atoms with Crippen LogP contribution in [0.4, 0.5) is 0 Å². The number of hydrogen-bond acceptors (Lipinski definition) is 4. The molecular formula is C27H34N2O3. The number of nitrogens with zero attached hydrogens (tertiary/aromatic N) is 2. The lowest BCUT2D eigenvalue weighted by atomic mass is 9.83. The zero-order chi connectivity index (χ0) is 21.9. The summed E-state index contributed by atoms with van der Waals surface area (Å²) in [5, 5.41) is 0. The molecule has 3 aliphatic rings. The first kappa shape index (κ1) is 21.3. The first-order valence-electron chi connectivity index (χ1n) is 12.2. The molecule has 2 aromatic carbocycles. The maximum atomic E-state index is 13.8. The second kappa shape index (κ2) is 9.53. The lowest BCUT2D eigenvalue weighted by molar-refractivity contribution is -0.137. The maximum absolute atomic E-state index is 13.8. The molecule has 170 valence electrons. The molecule has 32 heavy (non-hydrogen) atoms. The smallest absolute Gasteiger partial charge is 0.226 e. The molecule has 5 nitrogen and oxygen atoms in total. The van der Waals surface area contributed by atoms with Gasteiger partial charge in [-0.25, -0.2) is 0 Å². The topological polar surface area (TPSA) is 42.0 Å². The number of aryl methyl sites for hydroxylation is 1. The predicted molar refractivity (Wildman–Crippen MR) is 125 cm³/mol. The third-order valence-corrected chi connectivity index (χ3v) is 7.32. The van der Waals surface area contributed by atoms with Crippen molar-refractivity contribution in [3.05, 3.63) is 59.2 Å². The highest BCUT2D eigenvalue weighted by atomic mass is 16.6. The molecular weight excluding hydrogens is 400 g/mol. The fourth-order valence-electron chi connectivity index (χ4n) is 5.58. The second-order valence-electron chi connectivity index (χ2n) is 9.33. The van der Waals surface area contributed by atoms with Crippen LogP contribution in [0.15, 0.2) is 42.5 Å².